The standard InChI is InChI=1S/C17H23N5O/c1-4-5-12-22-20-17(19-21-22)18-16(23)11-8-14-6-9-15(10-7-14)13(2)3/h6-11,13H,4-5,12H2,1-3H3,(H,18,20,23). The molecular weight excluding hydrogens is 290 g/mol. The third-order valence-electron chi connectivity index (χ3n) is 3.43. The normalized spacial score (nSPS) is 11.3. The number of rotatable bonds is 7. The Morgan fingerprint density at radius 3 is 2.70 bits per heavy atom. The van der Waals surface area contributed by atoms with Crippen molar-refractivity contribution in [3.8, 4) is 0 Å². The zero-order valence-electron chi connectivity index (χ0n) is 13.9. The Morgan fingerprint density at radius 2 is 2.04 bits per heavy atom. The Balaban J connectivity index is 1.89. The Hall–Kier alpha value is -2.50. The molecule has 1 heterocycles. The van der Waals surface area contributed by atoms with E-state index in [4.69, 9.17) is 0 Å². The van der Waals surface area contributed by atoms with Crippen molar-refractivity contribution >= 4 is 17.9 Å². The number of amides is 1. The second kappa shape index (κ2) is 8.22. The van der Waals surface area contributed by atoms with Gasteiger partial charge in [0, 0.05) is 6.08 Å². The first-order valence-corrected chi connectivity index (χ1v) is 7.95. The number of tetrazole rings is 1. The Labute approximate surface area is 136 Å². The number of nitrogens with one attached hydrogen (secondary N) is 1. The minimum absolute atomic E-state index is 0.228. The SMILES string of the molecule is CCCCn1nnc(NC(=O)C=Cc2ccc(C(C)C)cc2)n1. The Bertz CT molecular complexity index is 658. The molecule has 6 nitrogen and oxygen atoms in total. The molecule has 0 aliphatic heterocycles. The molecule has 0 aliphatic rings. The molecule has 0 bridgehead atoms. The fraction of sp³-hybridized carbons (Fsp3) is 0.412. The number of unbranched alkanes of at least 4 members (excludes halogenated alkanes) is 1. The quantitative estimate of drug-likeness (QED) is 0.796. The molecule has 0 fully saturated rings. The number of nitrogens with zero attached hydrogens (tertiary/aromatic N) is 4. The molecule has 1 amide bonds. The third-order valence-corrected chi connectivity index (χ3v) is 3.43. The molecule has 0 radical (unpaired) electrons. The largest absolute Gasteiger partial charge is 0.288 e. The van der Waals surface area contributed by atoms with E-state index < -0.39 is 0 Å². The van der Waals surface area contributed by atoms with Crippen molar-refractivity contribution < 1.29 is 4.79 Å². The van der Waals surface area contributed by atoms with Crippen LogP contribution in [0.2, 0.25) is 0 Å². The van der Waals surface area contributed by atoms with Gasteiger partial charge in [-0.05, 0) is 34.8 Å². The van der Waals surface area contributed by atoms with Gasteiger partial charge >= 0.3 is 0 Å². The van der Waals surface area contributed by atoms with Gasteiger partial charge in [0.25, 0.3) is 11.9 Å². The average molecular weight is 313 g/mol. The molecule has 23 heavy (non-hydrogen) atoms. The summed E-state index contributed by atoms with van der Waals surface area (Å²) in [6, 6.07) is 8.14. The Morgan fingerprint density at radius 1 is 1.30 bits per heavy atom. The summed E-state index contributed by atoms with van der Waals surface area (Å²) in [5.41, 5.74) is 2.25. The number of aryl methyl sites for hydroxylation is 1. The lowest BCUT2D eigenvalue weighted by Gasteiger charge is -2.04. The summed E-state index contributed by atoms with van der Waals surface area (Å²) in [7, 11) is 0. The average Bonchev–Trinajstić information content (AvgIpc) is 2.98. The monoisotopic (exact) mass is 313 g/mol. The van der Waals surface area contributed by atoms with Gasteiger partial charge in [-0.3, -0.25) is 10.1 Å². The zero-order valence-corrected chi connectivity index (χ0v) is 13.9. The highest BCUT2D eigenvalue weighted by molar-refractivity contribution is 6.00. The van der Waals surface area contributed by atoms with Crippen LogP contribution in [0.25, 0.3) is 6.08 Å². The number of carbonyl (C=O) groups is 1. The van der Waals surface area contributed by atoms with Gasteiger partial charge in [0.2, 0.25) is 0 Å². The van der Waals surface area contributed by atoms with E-state index in [1.165, 1.54) is 16.4 Å². The molecule has 1 aromatic carbocycles. The van der Waals surface area contributed by atoms with E-state index in [1.54, 1.807) is 6.08 Å². The molecule has 0 aliphatic carbocycles. The first kappa shape index (κ1) is 16.9. The van der Waals surface area contributed by atoms with Gasteiger partial charge in [0.05, 0.1) is 6.54 Å². The summed E-state index contributed by atoms with van der Waals surface area (Å²) >= 11 is 0. The van der Waals surface area contributed by atoms with Crippen LogP contribution in [-0.4, -0.2) is 26.1 Å². The van der Waals surface area contributed by atoms with Crippen LogP contribution in [0.4, 0.5) is 5.95 Å². The van der Waals surface area contributed by atoms with Crippen LogP contribution < -0.4 is 5.32 Å². The summed E-state index contributed by atoms with van der Waals surface area (Å²) in [6.45, 7) is 7.10. The maximum absolute atomic E-state index is 11.9. The molecule has 0 atom stereocenters. The van der Waals surface area contributed by atoms with Gasteiger partial charge in [0.1, 0.15) is 0 Å². The van der Waals surface area contributed by atoms with Gasteiger partial charge in [-0.25, -0.2) is 0 Å². The van der Waals surface area contributed by atoms with Crippen molar-refractivity contribution in [2.75, 3.05) is 5.32 Å². The summed E-state index contributed by atoms with van der Waals surface area (Å²) < 4.78 is 0. The number of benzene rings is 1. The van der Waals surface area contributed by atoms with Gasteiger partial charge in [-0.2, -0.15) is 4.80 Å². The maximum Gasteiger partial charge on any atom is 0.270 e. The van der Waals surface area contributed by atoms with E-state index in [-0.39, 0.29) is 11.9 Å². The predicted octanol–water partition coefficient (Wildman–Crippen LogP) is 3.25. The Kier molecular flexibility index (Phi) is 6.02. The summed E-state index contributed by atoms with van der Waals surface area (Å²) in [6.07, 6.45) is 5.27. The van der Waals surface area contributed by atoms with Crippen molar-refractivity contribution in [1.82, 2.24) is 20.2 Å². The van der Waals surface area contributed by atoms with Crippen molar-refractivity contribution in [3.63, 3.8) is 0 Å². The zero-order chi connectivity index (χ0) is 16.7. The second-order valence-electron chi connectivity index (χ2n) is 5.71. The minimum atomic E-state index is -0.270. The molecule has 0 saturated carbocycles. The van der Waals surface area contributed by atoms with Crippen LogP contribution in [0.15, 0.2) is 30.3 Å². The van der Waals surface area contributed by atoms with E-state index in [9.17, 15) is 4.79 Å². The van der Waals surface area contributed by atoms with Crippen LogP contribution in [0.5, 0.6) is 0 Å². The van der Waals surface area contributed by atoms with Crippen LogP contribution in [0.3, 0.4) is 0 Å². The summed E-state index contributed by atoms with van der Waals surface area (Å²) in [4.78, 5) is 13.4. The van der Waals surface area contributed by atoms with E-state index in [0.29, 0.717) is 12.5 Å². The lowest BCUT2D eigenvalue weighted by molar-refractivity contribution is -0.111. The molecule has 1 aromatic heterocycles. The summed E-state index contributed by atoms with van der Waals surface area (Å²) in [5, 5.41) is 14.4. The van der Waals surface area contributed by atoms with Gasteiger partial charge in [-0.15, -0.1) is 5.10 Å². The molecule has 0 saturated heterocycles. The lowest BCUT2D eigenvalue weighted by Crippen LogP contribution is -2.10. The van der Waals surface area contributed by atoms with Crippen LogP contribution in [0.1, 0.15) is 50.7 Å². The smallest absolute Gasteiger partial charge is 0.270 e. The molecular formula is C17H23N5O. The summed E-state index contributed by atoms with van der Waals surface area (Å²) in [5.74, 6) is 0.455. The van der Waals surface area contributed by atoms with Crippen molar-refractivity contribution in [3.05, 3.63) is 41.5 Å². The van der Waals surface area contributed by atoms with Crippen LogP contribution in [0, 0.1) is 0 Å². The predicted molar refractivity (Wildman–Crippen MR) is 90.9 cm³/mol. The fourth-order valence-corrected chi connectivity index (χ4v) is 2.00. The van der Waals surface area contributed by atoms with Crippen molar-refractivity contribution in [1.29, 1.82) is 0 Å². The highest BCUT2D eigenvalue weighted by Crippen LogP contribution is 2.15. The lowest BCUT2D eigenvalue weighted by atomic mass is 10.0. The number of hydrogen-bond donors (Lipinski definition) is 1. The van der Waals surface area contributed by atoms with E-state index >= 15 is 0 Å². The number of aromatic nitrogens is 4. The molecule has 6 heteroatoms. The number of hydrogen-bond acceptors (Lipinski definition) is 4. The molecule has 1 N–H and O–H groups in total. The molecule has 2 aromatic rings. The van der Waals surface area contributed by atoms with Crippen molar-refractivity contribution in [2.24, 2.45) is 0 Å². The van der Waals surface area contributed by atoms with E-state index in [2.05, 4.69) is 53.6 Å². The fourth-order valence-electron chi connectivity index (χ4n) is 2.00. The van der Waals surface area contributed by atoms with E-state index in [1.807, 2.05) is 12.1 Å². The minimum Gasteiger partial charge on any atom is -0.288 e. The van der Waals surface area contributed by atoms with Gasteiger partial charge in [0.15, 0.2) is 0 Å². The highest BCUT2D eigenvalue weighted by Gasteiger charge is 2.05. The molecule has 0 unspecified atom stereocenters. The second-order valence-corrected chi connectivity index (χ2v) is 5.71. The highest BCUT2D eigenvalue weighted by atomic mass is 16.1. The maximum atomic E-state index is 11.9. The van der Waals surface area contributed by atoms with E-state index in [0.717, 1.165) is 18.4 Å². The number of anilines is 1. The van der Waals surface area contributed by atoms with Crippen molar-refractivity contribution in [2.45, 2.75) is 46.1 Å². The molecule has 122 valence electrons. The first-order chi connectivity index (χ1) is 11.1. The topological polar surface area (TPSA) is 72.7 Å². The number of carbonyl (C=O) groups excluding carboxylic acids is 1. The third kappa shape index (κ3) is 5.32. The van der Waals surface area contributed by atoms with Gasteiger partial charge < -0.3 is 0 Å². The van der Waals surface area contributed by atoms with Crippen LogP contribution >= 0.6 is 0 Å². The van der Waals surface area contributed by atoms with Crippen LogP contribution in [-0.2, 0) is 11.3 Å². The first-order valence-electron chi connectivity index (χ1n) is 7.95. The molecule has 0 spiro atoms. The van der Waals surface area contributed by atoms with Gasteiger partial charge in [-0.1, -0.05) is 56.6 Å². The molecule has 2 rings (SSSR count).